The van der Waals surface area contributed by atoms with E-state index in [9.17, 15) is 19.7 Å². The number of nitrogens with one attached hydrogen (secondary N) is 1. The molecule has 2 rings (SSSR count). The average Bonchev–Trinajstić information content (AvgIpc) is 2.93. The molecule has 0 saturated heterocycles. The number of benzene rings is 1. The van der Waals surface area contributed by atoms with Crippen molar-refractivity contribution in [3.63, 3.8) is 0 Å². The van der Waals surface area contributed by atoms with Crippen LogP contribution in [0.1, 0.15) is 42.4 Å². The van der Waals surface area contributed by atoms with Crippen LogP contribution in [0.3, 0.4) is 0 Å². The zero-order chi connectivity index (χ0) is 20.8. The van der Waals surface area contributed by atoms with Crippen LogP contribution in [0, 0.1) is 24.0 Å². The second-order valence-electron chi connectivity index (χ2n) is 6.48. The van der Waals surface area contributed by atoms with Gasteiger partial charge in [-0.1, -0.05) is 31.2 Å². The van der Waals surface area contributed by atoms with Crippen molar-refractivity contribution in [1.82, 2.24) is 15.1 Å². The highest BCUT2D eigenvalue weighted by Gasteiger charge is 2.23. The molecule has 9 heteroatoms. The number of esters is 1. The van der Waals surface area contributed by atoms with Gasteiger partial charge in [-0.2, -0.15) is 5.10 Å². The SMILES string of the molecule is CCc1ccc([C@H](C)NC(=O)COC(=O)Cn2nc(C)c([N+](=O)[O-])c2C)cc1. The van der Waals surface area contributed by atoms with Crippen molar-refractivity contribution >= 4 is 17.6 Å². The van der Waals surface area contributed by atoms with E-state index in [4.69, 9.17) is 4.74 Å². The van der Waals surface area contributed by atoms with Gasteiger partial charge >= 0.3 is 11.7 Å². The van der Waals surface area contributed by atoms with Gasteiger partial charge in [0.1, 0.15) is 17.9 Å². The number of carbonyl (C=O) groups is 2. The smallest absolute Gasteiger partial charge is 0.328 e. The zero-order valence-electron chi connectivity index (χ0n) is 16.4. The van der Waals surface area contributed by atoms with Gasteiger partial charge in [0.05, 0.1) is 11.0 Å². The molecule has 0 aliphatic rings. The Morgan fingerprint density at radius 3 is 2.46 bits per heavy atom. The summed E-state index contributed by atoms with van der Waals surface area (Å²) in [6, 6.07) is 7.68. The van der Waals surface area contributed by atoms with E-state index in [1.807, 2.05) is 31.2 Å². The molecule has 1 amide bonds. The number of nitro groups is 1. The Hall–Kier alpha value is -3.23. The molecule has 0 spiro atoms. The number of ether oxygens (including phenoxy) is 1. The summed E-state index contributed by atoms with van der Waals surface area (Å²) in [6.45, 7) is 6.17. The fourth-order valence-electron chi connectivity index (χ4n) is 2.83. The van der Waals surface area contributed by atoms with Gasteiger partial charge in [0.25, 0.3) is 5.91 Å². The normalized spacial score (nSPS) is 11.7. The van der Waals surface area contributed by atoms with Crippen molar-refractivity contribution in [2.45, 2.75) is 46.7 Å². The largest absolute Gasteiger partial charge is 0.454 e. The van der Waals surface area contributed by atoms with Crippen LogP contribution >= 0.6 is 0 Å². The van der Waals surface area contributed by atoms with E-state index in [2.05, 4.69) is 17.3 Å². The topological polar surface area (TPSA) is 116 Å². The van der Waals surface area contributed by atoms with Crippen LogP contribution in [-0.4, -0.2) is 33.2 Å². The molecule has 0 aliphatic heterocycles. The molecule has 0 saturated carbocycles. The van der Waals surface area contributed by atoms with E-state index in [0.29, 0.717) is 0 Å². The number of aromatic nitrogens is 2. The fraction of sp³-hybridized carbons (Fsp3) is 0.421. The first-order valence-corrected chi connectivity index (χ1v) is 8.95. The summed E-state index contributed by atoms with van der Waals surface area (Å²) in [4.78, 5) is 34.4. The fourth-order valence-corrected chi connectivity index (χ4v) is 2.83. The Bertz CT molecular complexity index is 873. The third-order valence-corrected chi connectivity index (χ3v) is 4.43. The van der Waals surface area contributed by atoms with Gasteiger partial charge in [0.2, 0.25) is 0 Å². The highest BCUT2D eigenvalue weighted by molar-refractivity contribution is 5.80. The van der Waals surface area contributed by atoms with Crippen molar-refractivity contribution in [2.24, 2.45) is 0 Å². The van der Waals surface area contributed by atoms with E-state index < -0.39 is 23.4 Å². The number of nitrogens with zero attached hydrogens (tertiary/aromatic N) is 3. The van der Waals surface area contributed by atoms with Crippen LogP contribution in [0.15, 0.2) is 24.3 Å². The second kappa shape index (κ2) is 9.12. The third kappa shape index (κ3) is 5.15. The lowest BCUT2D eigenvalue weighted by molar-refractivity contribution is -0.386. The Morgan fingerprint density at radius 2 is 1.93 bits per heavy atom. The van der Waals surface area contributed by atoms with Gasteiger partial charge in [0.15, 0.2) is 6.61 Å². The van der Waals surface area contributed by atoms with E-state index in [-0.39, 0.29) is 29.7 Å². The first-order chi connectivity index (χ1) is 13.2. The van der Waals surface area contributed by atoms with Crippen LogP contribution in [0.4, 0.5) is 5.69 Å². The lowest BCUT2D eigenvalue weighted by atomic mass is 10.1. The number of hydrogen-bond acceptors (Lipinski definition) is 6. The molecular formula is C19H24N4O5. The molecule has 1 aromatic heterocycles. The summed E-state index contributed by atoms with van der Waals surface area (Å²) < 4.78 is 6.16. The third-order valence-electron chi connectivity index (χ3n) is 4.43. The standard InChI is InChI=1S/C19H24N4O5/c1-5-15-6-8-16(9-7-15)12(2)20-17(24)11-28-18(25)10-22-14(4)19(23(26)27)13(3)21-22/h6-9,12H,5,10-11H2,1-4H3,(H,20,24)/t12-/m0/s1. The maximum atomic E-state index is 12.0. The van der Waals surface area contributed by atoms with Crippen molar-refractivity contribution in [2.75, 3.05) is 6.61 Å². The van der Waals surface area contributed by atoms with Crippen molar-refractivity contribution in [1.29, 1.82) is 0 Å². The Kier molecular flexibility index (Phi) is 6.86. The summed E-state index contributed by atoms with van der Waals surface area (Å²) in [5.41, 5.74) is 2.50. The molecule has 9 nitrogen and oxygen atoms in total. The molecule has 1 heterocycles. The van der Waals surface area contributed by atoms with Crippen LogP contribution < -0.4 is 5.32 Å². The maximum Gasteiger partial charge on any atom is 0.328 e. The van der Waals surface area contributed by atoms with E-state index in [0.717, 1.165) is 12.0 Å². The Balaban J connectivity index is 1.86. The predicted molar refractivity (Wildman–Crippen MR) is 102 cm³/mol. The Labute approximate surface area is 162 Å². The number of rotatable bonds is 8. The van der Waals surface area contributed by atoms with Gasteiger partial charge in [-0.25, -0.2) is 0 Å². The summed E-state index contributed by atoms with van der Waals surface area (Å²) in [7, 11) is 0. The predicted octanol–water partition coefficient (Wildman–Crippen LogP) is 2.39. The van der Waals surface area contributed by atoms with Crippen LogP contribution in [0.2, 0.25) is 0 Å². The minimum Gasteiger partial charge on any atom is -0.454 e. The quantitative estimate of drug-likeness (QED) is 0.422. The van der Waals surface area contributed by atoms with Gasteiger partial charge in [-0.15, -0.1) is 0 Å². The molecule has 1 aromatic carbocycles. The second-order valence-corrected chi connectivity index (χ2v) is 6.48. The monoisotopic (exact) mass is 388 g/mol. The van der Waals surface area contributed by atoms with E-state index in [1.54, 1.807) is 0 Å². The Morgan fingerprint density at radius 1 is 1.29 bits per heavy atom. The van der Waals surface area contributed by atoms with Crippen LogP contribution in [-0.2, 0) is 27.3 Å². The number of carbonyl (C=O) groups excluding carboxylic acids is 2. The molecule has 150 valence electrons. The first kappa shape index (κ1) is 21.1. The van der Waals surface area contributed by atoms with Gasteiger partial charge in [-0.05, 0) is 38.3 Å². The number of hydrogen-bond donors (Lipinski definition) is 1. The van der Waals surface area contributed by atoms with E-state index >= 15 is 0 Å². The van der Waals surface area contributed by atoms with Gasteiger partial charge in [-0.3, -0.25) is 24.4 Å². The molecule has 0 radical (unpaired) electrons. The molecule has 1 atom stereocenters. The molecule has 0 aliphatic carbocycles. The van der Waals surface area contributed by atoms with Crippen molar-refractivity contribution < 1.29 is 19.2 Å². The average molecular weight is 388 g/mol. The summed E-state index contributed by atoms with van der Waals surface area (Å²) in [6.07, 6.45) is 0.940. The minimum absolute atomic E-state index is 0.131. The highest BCUT2D eigenvalue weighted by atomic mass is 16.6. The molecule has 28 heavy (non-hydrogen) atoms. The molecule has 1 N–H and O–H groups in total. The first-order valence-electron chi connectivity index (χ1n) is 8.95. The van der Waals surface area contributed by atoms with Crippen molar-refractivity contribution in [3.05, 3.63) is 56.9 Å². The zero-order valence-corrected chi connectivity index (χ0v) is 16.4. The number of amides is 1. The van der Waals surface area contributed by atoms with Gasteiger partial charge < -0.3 is 10.1 Å². The maximum absolute atomic E-state index is 12.0. The highest BCUT2D eigenvalue weighted by Crippen LogP contribution is 2.21. The van der Waals surface area contributed by atoms with Crippen molar-refractivity contribution in [3.8, 4) is 0 Å². The molecule has 0 fully saturated rings. The lowest BCUT2D eigenvalue weighted by Gasteiger charge is -2.15. The van der Waals surface area contributed by atoms with Crippen LogP contribution in [0.5, 0.6) is 0 Å². The number of aryl methyl sites for hydroxylation is 2. The van der Waals surface area contributed by atoms with E-state index in [1.165, 1.54) is 24.1 Å². The summed E-state index contributed by atoms with van der Waals surface area (Å²) in [5, 5.41) is 17.7. The molecule has 0 bridgehead atoms. The molecule has 0 unspecified atom stereocenters. The summed E-state index contributed by atoms with van der Waals surface area (Å²) in [5.74, 6) is -1.13. The van der Waals surface area contributed by atoms with Gasteiger partial charge in [0, 0.05) is 0 Å². The molecule has 2 aromatic rings. The lowest BCUT2D eigenvalue weighted by Crippen LogP contribution is -2.31. The van der Waals surface area contributed by atoms with Crippen LogP contribution in [0.25, 0.3) is 0 Å². The molecular weight excluding hydrogens is 364 g/mol. The minimum atomic E-state index is -0.699. The summed E-state index contributed by atoms with van der Waals surface area (Å²) >= 11 is 0.